The van der Waals surface area contributed by atoms with Gasteiger partial charge in [-0.25, -0.2) is 0 Å². The SMILES string of the molecule is NC1=C(C(=O)c2c[nH]c3ccc(Br)cc23)C(c2ccc3ccccc3c2)c2c(ccc3ccccc23)O1. The molecule has 0 saturated heterocycles. The van der Waals surface area contributed by atoms with Crippen molar-refractivity contribution in [3.63, 3.8) is 0 Å². The Hall–Kier alpha value is -4.35. The van der Waals surface area contributed by atoms with Gasteiger partial charge in [0.1, 0.15) is 5.75 Å². The average molecular weight is 545 g/mol. The number of carbonyl (C=O) groups excluding carboxylic acids is 1. The maximum atomic E-state index is 14.3. The highest BCUT2D eigenvalue weighted by Gasteiger charge is 2.37. The van der Waals surface area contributed by atoms with E-state index >= 15 is 0 Å². The Bertz CT molecular complexity index is 1920. The molecule has 5 heteroatoms. The van der Waals surface area contributed by atoms with Crippen LogP contribution in [-0.2, 0) is 0 Å². The molecule has 1 unspecified atom stereocenters. The number of Topliss-reactive ketones (excluding diaryl/α,β-unsaturated/α-hetero) is 1. The summed E-state index contributed by atoms with van der Waals surface area (Å²) in [7, 11) is 0. The summed E-state index contributed by atoms with van der Waals surface area (Å²) in [5, 5.41) is 5.20. The molecule has 0 radical (unpaired) electrons. The lowest BCUT2D eigenvalue weighted by Gasteiger charge is -2.30. The van der Waals surface area contributed by atoms with Crippen LogP contribution in [0.1, 0.15) is 27.4 Å². The van der Waals surface area contributed by atoms with Gasteiger partial charge in [0.15, 0.2) is 11.7 Å². The van der Waals surface area contributed by atoms with Gasteiger partial charge in [-0.2, -0.15) is 0 Å². The number of H-pyrrole nitrogens is 1. The van der Waals surface area contributed by atoms with E-state index in [9.17, 15) is 4.79 Å². The lowest BCUT2D eigenvalue weighted by molar-refractivity contribution is 0.102. The molecule has 0 amide bonds. The van der Waals surface area contributed by atoms with Crippen LogP contribution in [0.2, 0.25) is 0 Å². The van der Waals surface area contributed by atoms with Crippen LogP contribution in [0.15, 0.2) is 119 Å². The number of benzene rings is 5. The van der Waals surface area contributed by atoms with Gasteiger partial charge in [-0.05, 0) is 51.4 Å². The molecule has 0 aliphatic carbocycles. The van der Waals surface area contributed by atoms with Gasteiger partial charge in [-0.1, -0.05) is 88.7 Å². The number of halogens is 1. The predicted octanol–water partition coefficient (Wildman–Crippen LogP) is 7.81. The van der Waals surface area contributed by atoms with Crippen molar-refractivity contribution in [3.8, 4) is 5.75 Å². The molecular formula is C32H21BrN2O2. The molecular weight excluding hydrogens is 524 g/mol. The van der Waals surface area contributed by atoms with E-state index in [1.54, 1.807) is 6.20 Å². The summed E-state index contributed by atoms with van der Waals surface area (Å²) in [6.07, 6.45) is 1.76. The third kappa shape index (κ3) is 3.46. The van der Waals surface area contributed by atoms with Crippen molar-refractivity contribution >= 4 is 54.2 Å². The smallest absolute Gasteiger partial charge is 0.199 e. The molecule has 178 valence electrons. The van der Waals surface area contributed by atoms with Gasteiger partial charge in [0.05, 0.1) is 5.57 Å². The van der Waals surface area contributed by atoms with Crippen molar-refractivity contribution in [1.29, 1.82) is 0 Å². The van der Waals surface area contributed by atoms with Gasteiger partial charge in [0.25, 0.3) is 0 Å². The summed E-state index contributed by atoms with van der Waals surface area (Å²) < 4.78 is 7.06. The fourth-order valence-electron chi connectivity index (χ4n) is 5.51. The Morgan fingerprint density at radius 3 is 2.43 bits per heavy atom. The Morgan fingerprint density at radius 1 is 0.811 bits per heavy atom. The fourth-order valence-corrected chi connectivity index (χ4v) is 5.87. The minimum atomic E-state index is -0.399. The zero-order valence-corrected chi connectivity index (χ0v) is 21.3. The third-order valence-electron chi connectivity index (χ3n) is 7.23. The molecule has 4 nitrogen and oxygen atoms in total. The van der Waals surface area contributed by atoms with Crippen molar-refractivity contribution in [2.45, 2.75) is 5.92 Å². The van der Waals surface area contributed by atoms with E-state index in [1.807, 2.05) is 54.6 Å². The number of fused-ring (bicyclic) bond motifs is 5. The Morgan fingerprint density at radius 2 is 1.57 bits per heavy atom. The number of rotatable bonds is 3. The maximum absolute atomic E-state index is 14.3. The standard InChI is InChI=1S/C32H21BrN2O2/c33-22-12-13-26-24(16-22)25(17-35-26)31(36)30-28(21-10-9-18-5-1-2-7-20(18)15-21)29-23-8-4-3-6-19(23)11-14-27(29)37-32(30)34/h1-17,28,35H,34H2. The van der Waals surface area contributed by atoms with Gasteiger partial charge in [-0.15, -0.1) is 0 Å². The van der Waals surface area contributed by atoms with Crippen molar-refractivity contribution in [1.82, 2.24) is 4.98 Å². The minimum Gasteiger partial charge on any atom is -0.441 e. The second-order valence-corrected chi connectivity index (χ2v) is 10.3. The third-order valence-corrected chi connectivity index (χ3v) is 7.73. The normalized spacial score (nSPS) is 15.2. The zero-order chi connectivity index (χ0) is 25.1. The quantitative estimate of drug-likeness (QED) is 0.223. The number of hydrogen-bond donors (Lipinski definition) is 2. The van der Waals surface area contributed by atoms with E-state index < -0.39 is 5.92 Å². The summed E-state index contributed by atoms with van der Waals surface area (Å²) in [5.41, 5.74) is 10.4. The lowest BCUT2D eigenvalue weighted by atomic mass is 9.77. The van der Waals surface area contributed by atoms with Crippen LogP contribution >= 0.6 is 15.9 Å². The number of allylic oxidation sites excluding steroid dienone is 1. The van der Waals surface area contributed by atoms with Crippen LogP contribution in [0.25, 0.3) is 32.4 Å². The van der Waals surface area contributed by atoms with Crippen LogP contribution in [0.5, 0.6) is 5.75 Å². The van der Waals surface area contributed by atoms with Crippen molar-refractivity contribution in [3.05, 3.63) is 136 Å². The van der Waals surface area contributed by atoms with Gasteiger partial charge >= 0.3 is 0 Å². The summed E-state index contributed by atoms with van der Waals surface area (Å²) >= 11 is 3.54. The number of hydrogen-bond acceptors (Lipinski definition) is 3. The van der Waals surface area contributed by atoms with Crippen LogP contribution in [0.4, 0.5) is 0 Å². The van der Waals surface area contributed by atoms with Gasteiger partial charge in [0, 0.05) is 38.6 Å². The van der Waals surface area contributed by atoms with E-state index in [2.05, 4.69) is 63.4 Å². The summed E-state index contributed by atoms with van der Waals surface area (Å²) in [4.78, 5) is 17.6. The number of carbonyl (C=O) groups is 1. The number of ketones is 1. The highest BCUT2D eigenvalue weighted by Crippen LogP contribution is 2.47. The molecule has 0 saturated carbocycles. The van der Waals surface area contributed by atoms with Crippen LogP contribution in [-0.4, -0.2) is 10.8 Å². The van der Waals surface area contributed by atoms with Crippen molar-refractivity contribution in [2.75, 3.05) is 0 Å². The Balaban J connectivity index is 1.51. The molecule has 3 N–H and O–H groups in total. The van der Waals surface area contributed by atoms with E-state index in [-0.39, 0.29) is 11.7 Å². The first-order valence-electron chi connectivity index (χ1n) is 12.1. The monoisotopic (exact) mass is 544 g/mol. The first kappa shape index (κ1) is 21.9. The van der Waals surface area contributed by atoms with Crippen LogP contribution in [0, 0.1) is 0 Å². The molecule has 5 aromatic carbocycles. The fraction of sp³-hybridized carbons (Fsp3) is 0.0312. The summed E-state index contributed by atoms with van der Waals surface area (Å²) in [6, 6.07) is 32.6. The first-order valence-corrected chi connectivity index (χ1v) is 12.9. The second kappa shape index (κ2) is 8.36. The maximum Gasteiger partial charge on any atom is 0.199 e. The molecule has 1 aliphatic rings. The molecule has 7 rings (SSSR count). The Kier molecular flexibility index (Phi) is 4.94. The number of aromatic nitrogens is 1. The summed E-state index contributed by atoms with van der Waals surface area (Å²) in [6.45, 7) is 0. The van der Waals surface area contributed by atoms with Gasteiger partial charge in [-0.3, -0.25) is 4.79 Å². The number of nitrogens with two attached hydrogens (primary N) is 1. The molecule has 0 spiro atoms. The summed E-state index contributed by atoms with van der Waals surface area (Å²) in [5.74, 6) is 0.255. The molecule has 0 fully saturated rings. The number of aromatic amines is 1. The van der Waals surface area contributed by atoms with E-state index in [0.29, 0.717) is 16.9 Å². The van der Waals surface area contributed by atoms with Crippen LogP contribution in [0.3, 0.4) is 0 Å². The minimum absolute atomic E-state index is 0.135. The van der Waals surface area contributed by atoms with Crippen molar-refractivity contribution in [2.24, 2.45) is 5.73 Å². The first-order chi connectivity index (χ1) is 18.1. The molecule has 1 aromatic heterocycles. The van der Waals surface area contributed by atoms with E-state index in [1.165, 1.54) is 0 Å². The molecule has 37 heavy (non-hydrogen) atoms. The number of ether oxygens (including phenoxy) is 1. The van der Waals surface area contributed by atoms with E-state index in [4.69, 9.17) is 10.5 Å². The molecule has 6 aromatic rings. The largest absolute Gasteiger partial charge is 0.441 e. The lowest BCUT2D eigenvalue weighted by Crippen LogP contribution is -2.26. The molecule has 0 bridgehead atoms. The highest BCUT2D eigenvalue weighted by atomic mass is 79.9. The topological polar surface area (TPSA) is 68.1 Å². The van der Waals surface area contributed by atoms with Gasteiger partial charge < -0.3 is 15.5 Å². The zero-order valence-electron chi connectivity index (χ0n) is 19.7. The second-order valence-electron chi connectivity index (χ2n) is 9.34. The van der Waals surface area contributed by atoms with Crippen molar-refractivity contribution < 1.29 is 9.53 Å². The van der Waals surface area contributed by atoms with Gasteiger partial charge in [0.2, 0.25) is 0 Å². The molecule has 1 aliphatic heterocycles. The highest BCUT2D eigenvalue weighted by molar-refractivity contribution is 9.10. The van der Waals surface area contributed by atoms with Crippen LogP contribution < -0.4 is 10.5 Å². The average Bonchev–Trinajstić information content (AvgIpc) is 3.34. The predicted molar refractivity (Wildman–Crippen MR) is 152 cm³/mol. The van der Waals surface area contributed by atoms with E-state index in [0.717, 1.165) is 48.0 Å². The Labute approximate surface area is 221 Å². The molecule has 1 atom stereocenters. The number of nitrogens with one attached hydrogen (secondary N) is 1. The molecule has 2 heterocycles.